The molecule has 1 heterocycles. The third-order valence-corrected chi connectivity index (χ3v) is 2.94. The van der Waals surface area contributed by atoms with Gasteiger partial charge in [0.15, 0.2) is 0 Å². The second kappa shape index (κ2) is 3.36. The molecule has 0 aromatic rings. The molecule has 2 aliphatic rings. The van der Waals surface area contributed by atoms with Crippen molar-refractivity contribution in [3.8, 4) is 0 Å². The molecule has 0 unspecified atom stereocenters. The van der Waals surface area contributed by atoms with E-state index in [1.165, 1.54) is 6.42 Å². The first kappa shape index (κ1) is 8.53. The van der Waals surface area contributed by atoms with Gasteiger partial charge in [-0.25, -0.2) is 4.79 Å². The predicted octanol–water partition coefficient (Wildman–Crippen LogP) is 0.475. The van der Waals surface area contributed by atoms with Crippen LogP contribution >= 0.6 is 0 Å². The van der Waals surface area contributed by atoms with Gasteiger partial charge in [-0.3, -0.25) is 0 Å². The summed E-state index contributed by atoms with van der Waals surface area (Å²) in [5.41, 5.74) is 0. The van der Waals surface area contributed by atoms with Crippen LogP contribution in [0.4, 0.5) is 4.79 Å². The Hall–Kier alpha value is -1.06. The van der Waals surface area contributed by atoms with E-state index in [0.29, 0.717) is 12.6 Å². The van der Waals surface area contributed by atoms with Crippen LogP contribution in [-0.2, 0) is 4.79 Å². The molecular weight excluding hydrogens is 168 g/mol. The third-order valence-electron chi connectivity index (χ3n) is 2.94. The van der Waals surface area contributed by atoms with Gasteiger partial charge in [0, 0.05) is 19.1 Å². The van der Waals surface area contributed by atoms with Gasteiger partial charge < -0.3 is 14.6 Å². The highest BCUT2D eigenvalue weighted by Gasteiger charge is 2.35. The molecular formula is C9H14N2O2. The van der Waals surface area contributed by atoms with Crippen LogP contribution in [0.2, 0.25) is 0 Å². The van der Waals surface area contributed by atoms with Gasteiger partial charge in [0.1, 0.15) is 6.29 Å². The average molecular weight is 182 g/mol. The van der Waals surface area contributed by atoms with Gasteiger partial charge in [0.2, 0.25) is 0 Å². The first-order valence-electron chi connectivity index (χ1n) is 4.82. The van der Waals surface area contributed by atoms with Crippen LogP contribution in [0, 0.1) is 0 Å². The molecule has 13 heavy (non-hydrogen) atoms. The Morgan fingerprint density at radius 1 is 1.38 bits per heavy atom. The number of carbonyl (C=O) groups is 2. The number of urea groups is 1. The van der Waals surface area contributed by atoms with Crippen LogP contribution in [0.5, 0.6) is 0 Å². The molecule has 72 valence electrons. The van der Waals surface area contributed by atoms with Crippen molar-refractivity contribution in [1.29, 1.82) is 0 Å². The Labute approximate surface area is 77.5 Å². The van der Waals surface area contributed by atoms with Gasteiger partial charge in [-0.15, -0.1) is 0 Å². The summed E-state index contributed by atoms with van der Waals surface area (Å²) >= 11 is 0. The first-order valence-corrected chi connectivity index (χ1v) is 4.82. The van der Waals surface area contributed by atoms with E-state index in [4.69, 9.17) is 0 Å². The molecule has 4 heteroatoms. The SMILES string of the molecule is O=CCN1CCN(C2CCC2)C1=O. The number of rotatable bonds is 3. The maximum Gasteiger partial charge on any atom is 0.320 e. The summed E-state index contributed by atoms with van der Waals surface area (Å²) in [5, 5.41) is 0. The van der Waals surface area contributed by atoms with Crippen LogP contribution in [0.25, 0.3) is 0 Å². The molecule has 0 bridgehead atoms. The molecule has 0 atom stereocenters. The number of amides is 2. The van der Waals surface area contributed by atoms with E-state index in [1.807, 2.05) is 4.90 Å². The molecule has 1 saturated heterocycles. The summed E-state index contributed by atoms with van der Waals surface area (Å²) < 4.78 is 0. The topological polar surface area (TPSA) is 40.6 Å². The molecule has 0 radical (unpaired) electrons. The van der Waals surface area contributed by atoms with Crippen molar-refractivity contribution >= 4 is 12.3 Å². The maximum absolute atomic E-state index is 11.6. The molecule has 0 spiro atoms. The standard InChI is InChI=1S/C9H14N2O2/c12-7-6-10-4-5-11(9(10)13)8-2-1-3-8/h7-8H,1-6H2. The fourth-order valence-corrected chi connectivity index (χ4v) is 1.90. The van der Waals surface area contributed by atoms with E-state index in [-0.39, 0.29) is 12.6 Å². The highest BCUT2D eigenvalue weighted by molar-refractivity contribution is 5.79. The molecule has 0 aromatic carbocycles. The Bertz CT molecular complexity index is 226. The lowest BCUT2D eigenvalue weighted by molar-refractivity contribution is -0.108. The highest BCUT2D eigenvalue weighted by atomic mass is 16.2. The molecule has 2 rings (SSSR count). The zero-order valence-corrected chi connectivity index (χ0v) is 7.61. The fourth-order valence-electron chi connectivity index (χ4n) is 1.90. The second-order valence-electron chi connectivity index (χ2n) is 3.67. The monoisotopic (exact) mass is 182 g/mol. The summed E-state index contributed by atoms with van der Waals surface area (Å²) in [6, 6.07) is 0.515. The van der Waals surface area contributed by atoms with Gasteiger partial charge >= 0.3 is 6.03 Å². The van der Waals surface area contributed by atoms with Crippen molar-refractivity contribution in [2.24, 2.45) is 0 Å². The maximum atomic E-state index is 11.6. The molecule has 2 amide bonds. The number of carbonyl (C=O) groups excluding carboxylic acids is 2. The lowest BCUT2D eigenvalue weighted by atomic mass is 9.92. The van der Waals surface area contributed by atoms with Crippen LogP contribution in [-0.4, -0.2) is 47.8 Å². The lowest BCUT2D eigenvalue weighted by Gasteiger charge is -2.34. The van der Waals surface area contributed by atoms with Crippen molar-refractivity contribution in [2.75, 3.05) is 19.6 Å². The summed E-state index contributed by atoms with van der Waals surface area (Å²) in [4.78, 5) is 25.4. The van der Waals surface area contributed by atoms with Gasteiger partial charge in [-0.05, 0) is 19.3 Å². The molecule has 1 aliphatic heterocycles. The summed E-state index contributed by atoms with van der Waals surface area (Å²) in [7, 11) is 0. The van der Waals surface area contributed by atoms with Crippen LogP contribution in [0.1, 0.15) is 19.3 Å². The number of hydrogen-bond donors (Lipinski definition) is 0. The third kappa shape index (κ3) is 1.41. The van der Waals surface area contributed by atoms with Crippen LogP contribution < -0.4 is 0 Å². The smallest absolute Gasteiger partial charge is 0.320 e. The minimum absolute atomic E-state index is 0.0526. The van der Waals surface area contributed by atoms with E-state index in [9.17, 15) is 9.59 Å². The van der Waals surface area contributed by atoms with Crippen molar-refractivity contribution in [1.82, 2.24) is 9.80 Å². The van der Waals surface area contributed by atoms with E-state index >= 15 is 0 Å². The van der Waals surface area contributed by atoms with Crippen molar-refractivity contribution in [3.63, 3.8) is 0 Å². The number of hydrogen-bond acceptors (Lipinski definition) is 2. The van der Waals surface area contributed by atoms with E-state index in [2.05, 4.69) is 0 Å². The van der Waals surface area contributed by atoms with E-state index in [0.717, 1.165) is 25.7 Å². The molecule has 0 N–H and O–H groups in total. The van der Waals surface area contributed by atoms with Crippen LogP contribution in [0.15, 0.2) is 0 Å². The van der Waals surface area contributed by atoms with E-state index < -0.39 is 0 Å². The lowest BCUT2D eigenvalue weighted by Crippen LogP contribution is -2.43. The zero-order chi connectivity index (χ0) is 9.26. The summed E-state index contributed by atoms with van der Waals surface area (Å²) in [6.07, 6.45) is 4.31. The van der Waals surface area contributed by atoms with Crippen molar-refractivity contribution in [3.05, 3.63) is 0 Å². The largest absolute Gasteiger partial charge is 0.320 e. The molecule has 1 saturated carbocycles. The Balaban J connectivity index is 1.93. The average Bonchev–Trinajstić information content (AvgIpc) is 2.34. The van der Waals surface area contributed by atoms with Crippen molar-refractivity contribution in [2.45, 2.75) is 25.3 Å². The number of nitrogens with zero attached hydrogens (tertiary/aromatic N) is 2. The normalized spacial score (nSPS) is 23.5. The Kier molecular flexibility index (Phi) is 2.20. The zero-order valence-electron chi connectivity index (χ0n) is 7.61. The van der Waals surface area contributed by atoms with Gasteiger partial charge in [0.05, 0.1) is 6.54 Å². The Morgan fingerprint density at radius 2 is 2.15 bits per heavy atom. The first-order chi connectivity index (χ1) is 6.33. The minimum Gasteiger partial charge on any atom is -0.320 e. The van der Waals surface area contributed by atoms with Gasteiger partial charge in [-0.2, -0.15) is 0 Å². The molecule has 2 fully saturated rings. The quantitative estimate of drug-likeness (QED) is 0.595. The Morgan fingerprint density at radius 3 is 2.69 bits per heavy atom. The van der Waals surface area contributed by atoms with Gasteiger partial charge in [-0.1, -0.05) is 0 Å². The minimum atomic E-state index is 0.0526. The molecule has 4 nitrogen and oxygen atoms in total. The second-order valence-corrected chi connectivity index (χ2v) is 3.67. The molecule has 1 aliphatic carbocycles. The summed E-state index contributed by atoms with van der Waals surface area (Å²) in [6.45, 7) is 1.77. The van der Waals surface area contributed by atoms with E-state index in [1.54, 1.807) is 4.90 Å². The highest BCUT2D eigenvalue weighted by Crippen LogP contribution is 2.27. The van der Waals surface area contributed by atoms with Crippen LogP contribution in [0.3, 0.4) is 0 Å². The summed E-state index contributed by atoms with van der Waals surface area (Å²) in [5.74, 6) is 0. The van der Waals surface area contributed by atoms with Gasteiger partial charge in [0.25, 0.3) is 0 Å². The fraction of sp³-hybridized carbons (Fsp3) is 0.778. The number of aldehydes is 1. The predicted molar refractivity (Wildman–Crippen MR) is 47.4 cm³/mol. The van der Waals surface area contributed by atoms with Crippen molar-refractivity contribution < 1.29 is 9.59 Å². The molecule has 0 aromatic heterocycles.